The number of amides is 1. The first-order valence-corrected chi connectivity index (χ1v) is 5.25. The van der Waals surface area contributed by atoms with Crippen LogP contribution in [0.1, 0.15) is 25.6 Å². The predicted octanol–water partition coefficient (Wildman–Crippen LogP) is 0.196. The van der Waals surface area contributed by atoms with Crippen molar-refractivity contribution in [3.63, 3.8) is 0 Å². The average molecular weight is 210 g/mol. The van der Waals surface area contributed by atoms with Crippen LogP contribution in [0, 0.1) is 0 Å². The van der Waals surface area contributed by atoms with E-state index in [1.165, 1.54) is 0 Å². The summed E-state index contributed by atoms with van der Waals surface area (Å²) >= 11 is 0. The molecular formula is C10H18N4O. The number of aryl methyl sites for hydroxylation is 1. The Hall–Kier alpha value is -1.36. The molecular weight excluding hydrogens is 192 g/mol. The highest BCUT2D eigenvalue weighted by Crippen LogP contribution is 1.93. The smallest absolute Gasteiger partial charge is 0.236 e. The molecule has 0 saturated carbocycles. The van der Waals surface area contributed by atoms with E-state index in [-0.39, 0.29) is 11.9 Å². The molecule has 1 heterocycles. The molecule has 0 bridgehead atoms. The number of H-pyrrole nitrogens is 1. The third-order valence-electron chi connectivity index (χ3n) is 2.22. The van der Waals surface area contributed by atoms with Gasteiger partial charge < -0.3 is 16.0 Å². The van der Waals surface area contributed by atoms with E-state index in [0.29, 0.717) is 13.0 Å². The second-order valence-electron chi connectivity index (χ2n) is 3.45. The van der Waals surface area contributed by atoms with E-state index in [9.17, 15) is 4.79 Å². The molecule has 0 aliphatic heterocycles. The Morgan fingerprint density at radius 3 is 3.13 bits per heavy atom. The summed E-state index contributed by atoms with van der Waals surface area (Å²) in [5, 5.41) is 2.79. The molecule has 1 rings (SSSR count). The Morgan fingerprint density at radius 2 is 2.53 bits per heavy atom. The van der Waals surface area contributed by atoms with E-state index >= 15 is 0 Å². The molecule has 0 fully saturated rings. The fourth-order valence-corrected chi connectivity index (χ4v) is 1.22. The van der Waals surface area contributed by atoms with E-state index in [0.717, 1.165) is 18.7 Å². The molecule has 1 aromatic rings. The quantitative estimate of drug-likeness (QED) is 0.586. The fraction of sp³-hybridized carbons (Fsp3) is 0.600. The van der Waals surface area contributed by atoms with Gasteiger partial charge in [0.15, 0.2) is 0 Å². The van der Waals surface area contributed by atoms with Crippen molar-refractivity contribution in [2.24, 2.45) is 5.73 Å². The van der Waals surface area contributed by atoms with Gasteiger partial charge in [0.2, 0.25) is 5.91 Å². The molecule has 0 saturated heterocycles. The molecule has 15 heavy (non-hydrogen) atoms. The van der Waals surface area contributed by atoms with Gasteiger partial charge in [-0.05, 0) is 12.8 Å². The molecule has 4 N–H and O–H groups in total. The summed E-state index contributed by atoms with van der Waals surface area (Å²) < 4.78 is 0. The number of carbonyl (C=O) groups is 1. The van der Waals surface area contributed by atoms with Gasteiger partial charge in [-0.25, -0.2) is 4.98 Å². The maximum atomic E-state index is 11.3. The van der Waals surface area contributed by atoms with Gasteiger partial charge in [0.25, 0.3) is 0 Å². The molecule has 0 spiro atoms. The van der Waals surface area contributed by atoms with Crippen LogP contribution in [0.3, 0.4) is 0 Å². The van der Waals surface area contributed by atoms with Gasteiger partial charge >= 0.3 is 0 Å². The molecule has 0 radical (unpaired) electrons. The zero-order valence-electron chi connectivity index (χ0n) is 8.99. The van der Waals surface area contributed by atoms with Crippen LogP contribution in [0.4, 0.5) is 0 Å². The van der Waals surface area contributed by atoms with E-state index in [2.05, 4.69) is 15.3 Å². The molecule has 1 atom stereocenters. The van der Waals surface area contributed by atoms with E-state index in [1.54, 1.807) is 12.4 Å². The minimum absolute atomic E-state index is 0.0723. The van der Waals surface area contributed by atoms with E-state index < -0.39 is 0 Å². The van der Waals surface area contributed by atoms with E-state index in [1.807, 2.05) is 6.92 Å². The lowest BCUT2D eigenvalue weighted by molar-refractivity contribution is -0.122. The number of nitrogens with one attached hydrogen (secondary N) is 2. The zero-order valence-corrected chi connectivity index (χ0v) is 8.99. The third-order valence-corrected chi connectivity index (χ3v) is 2.22. The standard InChI is InChI=1S/C10H18N4O/c1-2-8(11)10(15)14-5-3-4-9-12-6-7-13-9/h6-8H,2-5,11H2,1H3,(H,12,13)(H,14,15)/t8-/m1/s1. The van der Waals surface area contributed by atoms with Crippen LogP contribution in [-0.2, 0) is 11.2 Å². The first-order chi connectivity index (χ1) is 7.24. The number of carbonyl (C=O) groups excluding carboxylic acids is 1. The second kappa shape index (κ2) is 6.19. The summed E-state index contributed by atoms with van der Waals surface area (Å²) in [7, 11) is 0. The van der Waals surface area contributed by atoms with Crippen molar-refractivity contribution in [2.45, 2.75) is 32.2 Å². The lowest BCUT2D eigenvalue weighted by atomic mass is 10.2. The molecule has 5 nitrogen and oxygen atoms in total. The van der Waals surface area contributed by atoms with Crippen molar-refractivity contribution in [3.05, 3.63) is 18.2 Å². The lowest BCUT2D eigenvalue weighted by Gasteiger charge is -2.09. The molecule has 5 heteroatoms. The Morgan fingerprint density at radius 1 is 1.73 bits per heavy atom. The van der Waals surface area contributed by atoms with Crippen molar-refractivity contribution in [1.82, 2.24) is 15.3 Å². The van der Waals surface area contributed by atoms with Gasteiger partial charge in [0.05, 0.1) is 6.04 Å². The highest BCUT2D eigenvalue weighted by atomic mass is 16.2. The molecule has 84 valence electrons. The summed E-state index contributed by atoms with van der Waals surface area (Å²) in [6, 6.07) is -0.381. The molecule has 0 unspecified atom stereocenters. The maximum absolute atomic E-state index is 11.3. The minimum atomic E-state index is -0.381. The van der Waals surface area contributed by atoms with E-state index in [4.69, 9.17) is 5.73 Å². The van der Waals surface area contributed by atoms with Crippen molar-refractivity contribution in [2.75, 3.05) is 6.54 Å². The van der Waals surface area contributed by atoms with Gasteiger partial charge in [-0.3, -0.25) is 4.79 Å². The number of nitrogens with zero attached hydrogens (tertiary/aromatic N) is 1. The summed E-state index contributed by atoms with van der Waals surface area (Å²) in [5.74, 6) is 0.876. The van der Waals surface area contributed by atoms with Crippen LogP contribution in [-0.4, -0.2) is 28.5 Å². The number of rotatable bonds is 6. The Balaban J connectivity index is 2.09. The van der Waals surface area contributed by atoms with Crippen LogP contribution in [0.2, 0.25) is 0 Å². The van der Waals surface area contributed by atoms with Crippen molar-refractivity contribution in [1.29, 1.82) is 0 Å². The normalized spacial score (nSPS) is 12.4. The van der Waals surface area contributed by atoms with Crippen LogP contribution < -0.4 is 11.1 Å². The Kier molecular flexibility index (Phi) is 4.83. The molecule has 1 aromatic heterocycles. The molecule has 0 aromatic carbocycles. The number of aromatic nitrogens is 2. The second-order valence-corrected chi connectivity index (χ2v) is 3.45. The Bertz CT molecular complexity index is 284. The van der Waals surface area contributed by atoms with Gasteiger partial charge in [-0.2, -0.15) is 0 Å². The number of hydrogen-bond acceptors (Lipinski definition) is 3. The maximum Gasteiger partial charge on any atom is 0.236 e. The van der Waals surface area contributed by atoms with Crippen LogP contribution in [0.25, 0.3) is 0 Å². The van der Waals surface area contributed by atoms with Crippen molar-refractivity contribution in [3.8, 4) is 0 Å². The highest BCUT2D eigenvalue weighted by molar-refractivity contribution is 5.81. The zero-order chi connectivity index (χ0) is 11.1. The lowest BCUT2D eigenvalue weighted by Crippen LogP contribution is -2.40. The van der Waals surface area contributed by atoms with Crippen LogP contribution in [0.5, 0.6) is 0 Å². The largest absolute Gasteiger partial charge is 0.355 e. The van der Waals surface area contributed by atoms with Gasteiger partial charge in [0.1, 0.15) is 5.82 Å². The number of hydrogen-bond donors (Lipinski definition) is 3. The monoisotopic (exact) mass is 210 g/mol. The Labute approximate surface area is 89.5 Å². The third kappa shape index (κ3) is 4.12. The van der Waals surface area contributed by atoms with Gasteiger partial charge in [-0.15, -0.1) is 0 Å². The summed E-state index contributed by atoms with van der Waals surface area (Å²) in [6.07, 6.45) is 5.90. The summed E-state index contributed by atoms with van der Waals surface area (Å²) in [4.78, 5) is 18.4. The topological polar surface area (TPSA) is 83.8 Å². The number of nitrogens with two attached hydrogens (primary N) is 1. The van der Waals surface area contributed by atoms with Gasteiger partial charge in [0, 0.05) is 25.4 Å². The molecule has 0 aliphatic carbocycles. The predicted molar refractivity (Wildman–Crippen MR) is 58.2 cm³/mol. The molecule has 0 aliphatic rings. The first-order valence-electron chi connectivity index (χ1n) is 5.25. The number of aromatic amines is 1. The highest BCUT2D eigenvalue weighted by Gasteiger charge is 2.09. The SMILES string of the molecule is CC[C@@H](N)C(=O)NCCCc1ncc[nH]1. The van der Waals surface area contributed by atoms with Crippen LogP contribution >= 0.6 is 0 Å². The first kappa shape index (κ1) is 11.7. The summed E-state index contributed by atoms with van der Waals surface area (Å²) in [5.41, 5.74) is 5.56. The molecule has 1 amide bonds. The van der Waals surface area contributed by atoms with Crippen LogP contribution in [0.15, 0.2) is 12.4 Å². The minimum Gasteiger partial charge on any atom is -0.355 e. The van der Waals surface area contributed by atoms with Crippen molar-refractivity contribution < 1.29 is 4.79 Å². The fourth-order valence-electron chi connectivity index (χ4n) is 1.22. The number of imidazole rings is 1. The average Bonchev–Trinajstić information content (AvgIpc) is 2.75. The van der Waals surface area contributed by atoms with Crippen molar-refractivity contribution >= 4 is 5.91 Å². The van der Waals surface area contributed by atoms with Gasteiger partial charge in [-0.1, -0.05) is 6.92 Å². The summed E-state index contributed by atoms with van der Waals surface area (Å²) in [6.45, 7) is 2.54.